The Bertz CT molecular complexity index is 859. The van der Waals surface area contributed by atoms with Gasteiger partial charge in [0.15, 0.2) is 6.10 Å². The number of carbonyl (C=O) groups is 1. The van der Waals surface area contributed by atoms with Crippen LogP contribution in [0, 0.1) is 0 Å². The fourth-order valence-corrected chi connectivity index (χ4v) is 3.22. The number of methoxy groups -OCH3 is 2. The molecule has 3 aromatic carbocycles. The Labute approximate surface area is 177 Å². The van der Waals surface area contributed by atoms with E-state index in [9.17, 15) is 4.79 Å². The van der Waals surface area contributed by atoms with Crippen LogP contribution < -0.4 is 0 Å². The van der Waals surface area contributed by atoms with E-state index in [0.29, 0.717) is 12.2 Å². The van der Waals surface area contributed by atoms with E-state index in [1.165, 1.54) is 7.11 Å². The first-order valence-corrected chi connectivity index (χ1v) is 9.76. The van der Waals surface area contributed by atoms with Crippen molar-refractivity contribution in [2.75, 3.05) is 27.4 Å². The number of benzene rings is 3. The van der Waals surface area contributed by atoms with E-state index in [4.69, 9.17) is 18.9 Å². The topological polar surface area (TPSA) is 54.0 Å². The summed E-state index contributed by atoms with van der Waals surface area (Å²) in [5.41, 5.74) is 2.26. The molecule has 0 saturated heterocycles. The van der Waals surface area contributed by atoms with E-state index in [0.717, 1.165) is 11.1 Å². The molecule has 0 fully saturated rings. The first-order chi connectivity index (χ1) is 14.7. The maximum absolute atomic E-state index is 13.5. The predicted octanol–water partition coefficient (Wildman–Crippen LogP) is 4.48. The highest BCUT2D eigenvalue weighted by Gasteiger charge is 2.45. The second-order valence-electron chi connectivity index (χ2n) is 6.63. The molecule has 0 aliphatic carbocycles. The molecule has 0 aliphatic heterocycles. The van der Waals surface area contributed by atoms with E-state index in [1.807, 2.05) is 78.9 Å². The lowest BCUT2D eigenvalue weighted by atomic mass is 10.0. The van der Waals surface area contributed by atoms with Gasteiger partial charge in [0.1, 0.15) is 0 Å². The zero-order chi connectivity index (χ0) is 21.2. The van der Waals surface area contributed by atoms with Crippen molar-refractivity contribution in [2.45, 2.75) is 11.9 Å². The van der Waals surface area contributed by atoms with Crippen molar-refractivity contribution in [3.05, 3.63) is 108 Å². The Balaban J connectivity index is 1.98. The Morgan fingerprint density at radius 2 is 1.27 bits per heavy atom. The average molecular weight is 406 g/mol. The zero-order valence-electron chi connectivity index (χ0n) is 17.2. The molecule has 3 aromatic rings. The lowest BCUT2D eigenvalue weighted by Gasteiger charge is -2.32. The molecule has 0 aromatic heterocycles. The van der Waals surface area contributed by atoms with Crippen LogP contribution in [-0.4, -0.2) is 33.4 Å². The van der Waals surface area contributed by atoms with Crippen molar-refractivity contribution in [3.63, 3.8) is 0 Å². The molecule has 5 nitrogen and oxygen atoms in total. The summed E-state index contributed by atoms with van der Waals surface area (Å²) >= 11 is 0. The second kappa shape index (κ2) is 10.7. The van der Waals surface area contributed by atoms with Crippen LogP contribution in [0.25, 0.3) is 0 Å². The van der Waals surface area contributed by atoms with E-state index >= 15 is 0 Å². The third-order valence-electron chi connectivity index (χ3n) is 4.73. The van der Waals surface area contributed by atoms with E-state index < -0.39 is 17.9 Å². The fourth-order valence-electron chi connectivity index (χ4n) is 3.22. The number of hydrogen-bond donors (Lipinski definition) is 0. The number of carbonyl (C=O) groups excluding carboxylic acids is 1. The van der Waals surface area contributed by atoms with Crippen molar-refractivity contribution >= 4 is 5.97 Å². The highest BCUT2D eigenvalue weighted by atomic mass is 16.7. The molecule has 3 rings (SSSR count). The lowest BCUT2D eigenvalue weighted by Crippen LogP contribution is -2.43. The van der Waals surface area contributed by atoms with E-state index in [-0.39, 0.29) is 6.61 Å². The number of hydrogen-bond acceptors (Lipinski definition) is 5. The minimum Gasteiger partial charge on any atom is -0.448 e. The van der Waals surface area contributed by atoms with Gasteiger partial charge in [0, 0.05) is 19.8 Å². The summed E-state index contributed by atoms with van der Waals surface area (Å²) in [5.74, 6) is -2.34. The summed E-state index contributed by atoms with van der Waals surface area (Å²) in [7, 11) is 3.00. The average Bonchev–Trinajstić information content (AvgIpc) is 2.82. The lowest BCUT2D eigenvalue weighted by molar-refractivity contribution is -0.250. The summed E-state index contributed by atoms with van der Waals surface area (Å²) in [6, 6.07) is 28.2. The van der Waals surface area contributed by atoms with Crippen LogP contribution >= 0.6 is 0 Å². The molecule has 0 heterocycles. The largest absolute Gasteiger partial charge is 0.448 e. The van der Waals surface area contributed by atoms with Crippen molar-refractivity contribution in [3.8, 4) is 0 Å². The molecule has 30 heavy (non-hydrogen) atoms. The molecule has 0 N–H and O–H groups in total. The van der Waals surface area contributed by atoms with Crippen LogP contribution in [0.1, 0.15) is 22.8 Å². The maximum Gasteiger partial charge on any atom is 0.373 e. The SMILES string of the molecule is COCCOC(OC)(C(=O)OC(c1ccccc1)c1ccccc1)c1ccccc1. The molecular formula is C25H26O5. The van der Waals surface area contributed by atoms with Crippen molar-refractivity contribution in [1.82, 2.24) is 0 Å². The Kier molecular flexibility index (Phi) is 7.74. The standard InChI is InChI=1S/C25H26O5/c1-27-18-19-29-25(28-2,22-16-10-5-11-17-22)24(26)30-23(20-12-6-3-7-13-20)21-14-8-4-9-15-21/h3-17,23H,18-19H2,1-2H3. The molecule has 0 radical (unpaired) electrons. The van der Waals surface area contributed by atoms with Crippen LogP contribution in [0.4, 0.5) is 0 Å². The van der Waals surface area contributed by atoms with Crippen LogP contribution in [0.15, 0.2) is 91.0 Å². The summed E-state index contributed by atoms with van der Waals surface area (Å²) in [6.07, 6.45) is -0.607. The van der Waals surface area contributed by atoms with Crippen LogP contribution in [0.2, 0.25) is 0 Å². The third kappa shape index (κ3) is 4.94. The van der Waals surface area contributed by atoms with Crippen molar-refractivity contribution in [2.24, 2.45) is 0 Å². The van der Waals surface area contributed by atoms with Gasteiger partial charge in [-0.15, -0.1) is 0 Å². The van der Waals surface area contributed by atoms with Gasteiger partial charge in [-0.05, 0) is 11.1 Å². The van der Waals surface area contributed by atoms with Gasteiger partial charge in [-0.2, -0.15) is 0 Å². The molecule has 156 valence electrons. The van der Waals surface area contributed by atoms with E-state index in [2.05, 4.69) is 0 Å². The van der Waals surface area contributed by atoms with Crippen molar-refractivity contribution in [1.29, 1.82) is 0 Å². The highest BCUT2D eigenvalue weighted by Crippen LogP contribution is 2.33. The first kappa shape index (κ1) is 21.7. The molecule has 0 bridgehead atoms. The minimum atomic E-state index is -1.71. The van der Waals surface area contributed by atoms with Crippen LogP contribution in [0.5, 0.6) is 0 Å². The molecule has 1 atom stereocenters. The normalized spacial score (nSPS) is 13.0. The predicted molar refractivity (Wildman–Crippen MR) is 114 cm³/mol. The summed E-state index contributed by atoms with van der Waals surface area (Å²) in [4.78, 5) is 13.5. The summed E-state index contributed by atoms with van der Waals surface area (Å²) in [6.45, 7) is 0.474. The second-order valence-corrected chi connectivity index (χ2v) is 6.63. The molecule has 0 amide bonds. The molecular weight excluding hydrogens is 380 g/mol. The monoisotopic (exact) mass is 406 g/mol. The van der Waals surface area contributed by atoms with Gasteiger partial charge in [0.2, 0.25) is 0 Å². The first-order valence-electron chi connectivity index (χ1n) is 9.76. The zero-order valence-corrected chi connectivity index (χ0v) is 17.2. The van der Waals surface area contributed by atoms with Gasteiger partial charge in [-0.1, -0.05) is 91.0 Å². The molecule has 0 aliphatic rings. The maximum atomic E-state index is 13.5. The minimum absolute atomic E-state index is 0.162. The van der Waals surface area contributed by atoms with Crippen LogP contribution in [0.3, 0.4) is 0 Å². The molecule has 1 unspecified atom stereocenters. The Morgan fingerprint density at radius 1 is 0.767 bits per heavy atom. The third-order valence-corrected chi connectivity index (χ3v) is 4.73. The van der Waals surface area contributed by atoms with Gasteiger partial charge in [-0.25, -0.2) is 4.79 Å². The molecule has 0 saturated carbocycles. The highest BCUT2D eigenvalue weighted by molar-refractivity contribution is 5.80. The van der Waals surface area contributed by atoms with E-state index in [1.54, 1.807) is 19.2 Å². The number of rotatable bonds is 10. The van der Waals surface area contributed by atoms with Crippen LogP contribution in [-0.2, 0) is 29.5 Å². The van der Waals surface area contributed by atoms with Gasteiger partial charge in [0.05, 0.1) is 13.2 Å². The number of esters is 1. The van der Waals surface area contributed by atoms with Gasteiger partial charge in [-0.3, -0.25) is 0 Å². The quantitative estimate of drug-likeness (QED) is 0.282. The van der Waals surface area contributed by atoms with Crippen molar-refractivity contribution < 1.29 is 23.7 Å². The molecule has 5 heteroatoms. The smallest absolute Gasteiger partial charge is 0.373 e. The van der Waals surface area contributed by atoms with Gasteiger partial charge in [0.25, 0.3) is 5.79 Å². The Morgan fingerprint density at radius 3 is 1.73 bits per heavy atom. The summed E-state index contributed by atoms with van der Waals surface area (Å²) < 4.78 is 22.7. The Hall–Kier alpha value is -2.99. The van der Waals surface area contributed by atoms with Gasteiger partial charge >= 0.3 is 5.97 Å². The fraction of sp³-hybridized carbons (Fsp3) is 0.240. The van der Waals surface area contributed by atoms with Gasteiger partial charge < -0.3 is 18.9 Å². The molecule has 0 spiro atoms. The number of ether oxygens (including phenoxy) is 4. The summed E-state index contributed by atoms with van der Waals surface area (Å²) in [5, 5.41) is 0.